The zero-order valence-corrected chi connectivity index (χ0v) is 21.4. The fourth-order valence-corrected chi connectivity index (χ4v) is 6.26. The molecule has 0 aliphatic carbocycles. The topological polar surface area (TPSA) is 163 Å². The van der Waals surface area contributed by atoms with Gasteiger partial charge >= 0.3 is 5.97 Å². The molecule has 0 saturated carbocycles. The van der Waals surface area contributed by atoms with Crippen LogP contribution >= 0.6 is 23.1 Å². The Balaban J connectivity index is 1.22. The summed E-state index contributed by atoms with van der Waals surface area (Å²) < 4.78 is 1.72. The molecule has 3 amide bonds. The Bertz CT molecular complexity index is 1350. The molecule has 0 aromatic carbocycles. The smallest absolute Gasteiger partial charge is 0.352 e. The fraction of sp³-hybridized carbons (Fsp3) is 0.348. The zero-order valence-electron chi connectivity index (χ0n) is 19.8. The first kappa shape index (κ1) is 25.0. The van der Waals surface area contributed by atoms with Crippen molar-refractivity contribution in [2.75, 3.05) is 17.6 Å². The number of thioether (sulfide) groups is 1. The number of anilines is 1. The van der Waals surface area contributed by atoms with Gasteiger partial charge in [0.1, 0.15) is 22.1 Å². The van der Waals surface area contributed by atoms with E-state index < -0.39 is 17.9 Å². The van der Waals surface area contributed by atoms with Crippen LogP contribution in [0.4, 0.5) is 5.13 Å². The Morgan fingerprint density at radius 3 is 2.73 bits per heavy atom. The quantitative estimate of drug-likeness (QED) is 0.249. The summed E-state index contributed by atoms with van der Waals surface area (Å²) >= 11 is 2.70. The number of carbonyl (C=O) groups is 4. The number of nitrogens with zero attached hydrogens (tertiary/aromatic N) is 5. The number of nitrogens with one attached hydrogen (secondary N) is 1. The highest BCUT2D eigenvalue weighted by atomic mass is 32.2. The summed E-state index contributed by atoms with van der Waals surface area (Å²) in [5, 5.41) is 21.0. The van der Waals surface area contributed by atoms with Crippen molar-refractivity contribution in [3.05, 3.63) is 58.0 Å². The normalized spacial score (nSPS) is 22.4. The zero-order chi connectivity index (χ0) is 26.3. The van der Waals surface area contributed by atoms with Gasteiger partial charge in [0.05, 0.1) is 0 Å². The van der Waals surface area contributed by atoms with Crippen molar-refractivity contribution in [3.63, 3.8) is 0 Å². The van der Waals surface area contributed by atoms with E-state index in [1.54, 1.807) is 27.9 Å². The van der Waals surface area contributed by atoms with Crippen molar-refractivity contribution in [2.45, 2.75) is 37.8 Å². The number of fused-ring (bicyclic) bond motifs is 1. The van der Waals surface area contributed by atoms with Gasteiger partial charge in [-0.1, -0.05) is 11.3 Å². The van der Waals surface area contributed by atoms with Crippen LogP contribution < -0.4 is 15.6 Å². The predicted molar refractivity (Wildman–Crippen MR) is 134 cm³/mol. The van der Waals surface area contributed by atoms with Gasteiger partial charge in [-0.25, -0.2) is 4.79 Å². The molecule has 0 bridgehead atoms. The summed E-state index contributed by atoms with van der Waals surface area (Å²) in [7, 11) is 0. The molecule has 3 aliphatic rings. The van der Waals surface area contributed by atoms with Gasteiger partial charge in [0.2, 0.25) is 23.5 Å². The monoisotopic (exact) mass is 542 g/mol. The van der Waals surface area contributed by atoms with Crippen molar-refractivity contribution in [1.82, 2.24) is 20.0 Å². The molecule has 12 nitrogen and oxygen atoms in total. The molecule has 192 valence electrons. The van der Waals surface area contributed by atoms with Gasteiger partial charge in [0.15, 0.2) is 12.4 Å². The Kier molecular flexibility index (Phi) is 6.79. The van der Waals surface area contributed by atoms with Crippen LogP contribution in [0, 0.1) is 6.92 Å². The number of aromatic nitrogens is 3. The van der Waals surface area contributed by atoms with Gasteiger partial charge in [-0.3, -0.25) is 24.6 Å². The molecule has 0 radical (unpaired) electrons. The van der Waals surface area contributed by atoms with Crippen molar-refractivity contribution in [3.8, 4) is 0 Å². The van der Waals surface area contributed by atoms with Gasteiger partial charge in [-0.2, -0.15) is 4.57 Å². The number of rotatable bonds is 7. The highest BCUT2D eigenvalue weighted by molar-refractivity contribution is 8.00. The molecule has 0 unspecified atom stereocenters. The minimum absolute atomic E-state index is 0.0906. The molecule has 2 aromatic rings. The summed E-state index contributed by atoms with van der Waals surface area (Å²) in [6.45, 7) is 2.80. The van der Waals surface area contributed by atoms with Crippen molar-refractivity contribution in [1.29, 1.82) is 0 Å². The van der Waals surface area contributed by atoms with Crippen LogP contribution in [0.15, 0.2) is 47.4 Å². The largest absolute Gasteiger partial charge is 0.477 e. The lowest BCUT2D eigenvalue weighted by Gasteiger charge is -2.47. The summed E-state index contributed by atoms with van der Waals surface area (Å²) in [5.74, 6) is -1.64. The first-order valence-electron chi connectivity index (χ1n) is 11.5. The van der Waals surface area contributed by atoms with Crippen LogP contribution in [0.3, 0.4) is 0 Å². The molecule has 2 aromatic heterocycles. The number of aliphatic carboxylic acids is 1. The van der Waals surface area contributed by atoms with Crippen LogP contribution in [0.25, 0.3) is 0 Å². The van der Waals surface area contributed by atoms with Crippen LogP contribution in [-0.2, 0) is 32.3 Å². The van der Waals surface area contributed by atoms with E-state index in [-0.39, 0.29) is 29.4 Å². The van der Waals surface area contributed by atoms with Crippen LogP contribution in [0.5, 0.6) is 0 Å². The second kappa shape index (κ2) is 10.0. The number of allylic oxidation sites excluding steroid dienone is 1. The number of hydrogen-bond donors (Lipinski definition) is 3. The molecule has 2 saturated heterocycles. The highest BCUT2D eigenvalue weighted by Crippen LogP contribution is 2.40. The van der Waals surface area contributed by atoms with Gasteiger partial charge in [-0.15, -0.1) is 22.0 Å². The van der Waals surface area contributed by atoms with Gasteiger partial charge in [0, 0.05) is 36.5 Å². The number of aryl methyl sites for hydroxylation is 1. The second-order valence-electron chi connectivity index (χ2n) is 8.81. The number of hydrogen-bond acceptors (Lipinski definition) is 9. The SMILES string of the molecule is Cc1nnc(NC(=O)C[n+]2ccc(CN3CC/C(=C\C4=C(C(=O)O)N5C(=O)[C@@H](N)[C@H]5SC4)C3=O)cc2)s1. The third-order valence-electron chi connectivity index (χ3n) is 6.24. The molecule has 2 fully saturated rings. The lowest BCUT2D eigenvalue weighted by molar-refractivity contribution is -0.684. The Morgan fingerprint density at radius 2 is 2.05 bits per heavy atom. The summed E-state index contributed by atoms with van der Waals surface area (Å²) in [6, 6.07) is 2.99. The van der Waals surface area contributed by atoms with E-state index in [1.165, 1.54) is 28.0 Å². The second-order valence-corrected chi connectivity index (χ2v) is 11.1. The molecule has 14 heteroatoms. The van der Waals surface area contributed by atoms with Crippen molar-refractivity contribution < 1.29 is 28.9 Å². The van der Waals surface area contributed by atoms with E-state index in [0.717, 1.165) is 10.6 Å². The number of carboxylic acid groups (broad SMARTS) is 1. The van der Waals surface area contributed by atoms with E-state index in [2.05, 4.69) is 15.5 Å². The summed E-state index contributed by atoms with van der Waals surface area (Å²) in [4.78, 5) is 52.2. The number of carbonyl (C=O) groups excluding carboxylic acids is 3. The lowest BCUT2D eigenvalue weighted by Crippen LogP contribution is -2.68. The predicted octanol–water partition coefficient (Wildman–Crippen LogP) is 0.0125. The standard InChI is InChI=1S/C23H23N7O5S2/c1-12-26-27-23(37-12)25-16(31)10-28-5-2-13(3-6-28)9-29-7-4-14(19(29)32)8-15-11-36-21-17(24)20(33)30(21)18(15)22(34)35/h2-3,5-6,8,17,21H,4,7,9-11,24H2,1H3,(H-,25,27,31,34,35)/p+1/b14-8+/t17-,21-/m1/s1. The van der Waals surface area contributed by atoms with E-state index in [1.807, 2.05) is 19.1 Å². The van der Waals surface area contributed by atoms with Crippen LogP contribution in [0.1, 0.15) is 17.0 Å². The van der Waals surface area contributed by atoms with Crippen LogP contribution in [-0.4, -0.2) is 72.5 Å². The number of pyridine rings is 1. The van der Waals surface area contributed by atoms with Gasteiger partial charge in [-0.05, 0) is 30.6 Å². The van der Waals surface area contributed by atoms with E-state index in [4.69, 9.17) is 5.73 Å². The first-order valence-corrected chi connectivity index (χ1v) is 13.3. The minimum Gasteiger partial charge on any atom is -0.477 e. The molecular weight excluding hydrogens is 518 g/mol. The maximum absolute atomic E-state index is 13.0. The van der Waals surface area contributed by atoms with Crippen molar-refractivity contribution >= 4 is 51.9 Å². The first-order chi connectivity index (χ1) is 17.7. The van der Waals surface area contributed by atoms with Gasteiger partial charge in [0.25, 0.3) is 5.91 Å². The number of carboxylic acids is 1. The molecular formula is C23H24N7O5S2+. The maximum Gasteiger partial charge on any atom is 0.352 e. The Labute approximate surface area is 219 Å². The molecule has 4 N–H and O–H groups in total. The molecule has 37 heavy (non-hydrogen) atoms. The fourth-order valence-electron chi connectivity index (χ4n) is 4.40. The number of nitrogens with two attached hydrogens (primary N) is 1. The Morgan fingerprint density at radius 1 is 1.30 bits per heavy atom. The third kappa shape index (κ3) is 4.99. The molecule has 0 spiro atoms. The van der Waals surface area contributed by atoms with Gasteiger partial charge < -0.3 is 15.7 Å². The summed E-state index contributed by atoms with van der Waals surface area (Å²) in [6.07, 6.45) is 5.63. The average molecular weight is 543 g/mol. The number of β-lactam (4-membered cyclic amide) rings is 1. The maximum atomic E-state index is 13.0. The van der Waals surface area contributed by atoms with E-state index in [9.17, 15) is 24.3 Å². The minimum atomic E-state index is -1.20. The molecule has 3 aliphatic heterocycles. The molecule has 5 rings (SSSR count). The number of amides is 3. The van der Waals surface area contributed by atoms with Crippen molar-refractivity contribution in [2.24, 2.45) is 5.73 Å². The third-order valence-corrected chi connectivity index (χ3v) is 8.31. The number of likely N-dealkylation sites (tertiary alicyclic amines) is 1. The average Bonchev–Trinajstić information content (AvgIpc) is 3.43. The highest BCUT2D eigenvalue weighted by Gasteiger charge is 2.51. The van der Waals surface area contributed by atoms with Crippen LogP contribution in [0.2, 0.25) is 0 Å². The summed E-state index contributed by atoms with van der Waals surface area (Å²) in [5.41, 5.74) is 7.56. The lowest BCUT2D eigenvalue weighted by atomic mass is 10.0. The molecule has 2 atom stereocenters. The van der Waals surface area contributed by atoms with E-state index >= 15 is 0 Å². The Hall–Kier alpha value is -3.62. The molecule has 5 heterocycles. The van der Waals surface area contributed by atoms with E-state index in [0.29, 0.717) is 41.5 Å².